The van der Waals surface area contributed by atoms with E-state index >= 15 is 0 Å². The number of pyridine rings is 1. The maximum atomic E-state index is 12.5. The van der Waals surface area contributed by atoms with Crippen LogP contribution in [0.15, 0.2) is 55.3 Å². The van der Waals surface area contributed by atoms with Gasteiger partial charge in [-0.2, -0.15) is 13.2 Å². The van der Waals surface area contributed by atoms with Gasteiger partial charge < -0.3 is 10.6 Å². The number of hydrogen-bond donors (Lipinski definition) is 2. The molecule has 0 aliphatic carbocycles. The molecule has 23 heavy (non-hydrogen) atoms. The van der Waals surface area contributed by atoms with Crippen molar-refractivity contribution in [2.45, 2.75) is 6.18 Å². The fourth-order valence-electron chi connectivity index (χ4n) is 1.76. The van der Waals surface area contributed by atoms with Crippen LogP contribution in [0, 0.1) is 0 Å². The molecular weight excluding hydrogens is 307 g/mol. The van der Waals surface area contributed by atoms with Crippen molar-refractivity contribution in [3.05, 3.63) is 66.5 Å². The Balaban J connectivity index is 2.02. The van der Waals surface area contributed by atoms with Gasteiger partial charge in [-0.05, 0) is 36.4 Å². The average molecular weight is 321 g/mol. The molecule has 2 aromatic rings. The minimum atomic E-state index is -4.40. The Morgan fingerprint density at radius 1 is 1.13 bits per heavy atom. The molecule has 0 atom stereocenters. The second kappa shape index (κ2) is 6.95. The molecule has 1 amide bonds. The first kappa shape index (κ1) is 16.5. The minimum Gasteiger partial charge on any atom is -0.380 e. The van der Waals surface area contributed by atoms with Crippen molar-refractivity contribution >= 4 is 17.3 Å². The summed E-state index contributed by atoms with van der Waals surface area (Å²) >= 11 is 0. The molecule has 0 saturated carbocycles. The van der Waals surface area contributed by atoms with E-state index in [1.54, 1.807) is 12.1 Å². The molecule has 7 heteroatoms. The topological polar surface area (TPSA) is 54.0 Å². The van der Waals surface area contributed by atoms with Crippen LogP contribution in [0.2, 0.25) is 0 Å². The molecule has 1 heterocycles. The van der Waals surface area contributed by atoms with Gasteiger partial charge in [-0.3, -0.25) is 4.79 Å². The summed E-state index contributed by atoms with van der Waals surface area (Å²) in [5.74, 6) is -0.500. The van der Waals surface area contributed by atoms with Gasteiger partial charge in [-0.1, -0.05) is 6.08 Å². The predicted molar refractivity (Wildman–Crippen MR) is 82.3 cm³/mol. The van der Waals surface area contributed by atoms with Crippen molar-refractivity contribution in [3.8, 4) is 0 Å². The number of benzene rings is 1. The van der Waals surface area contributed by atoms with Crippen LogP contribution in [-0.2, 0) is 6.18 Å². The van der Waals surface area contributed by atoms with Crippen molar-refractivity contribution in [2.24, 2.45) is 0 Å². The SMILES string of the molecule is C=CCNc1ccc(C(=O)Nc2ccc(C(F)(F)F)cc2)nc1. The van der Waals surface area contributed by atoms with E-state index in [0.717, 1.165) is 17.8 Å². The van der Waals surface area contributed by atoms with E-state index in [2.05, 4.69) is 22.2 Å². The van der Waals surface area contributed by atoms with Gasteiger partial charge in [0.1, 0.15) is 5.69 Å². The number of carbonyl (C=O) groups is 1. The Morgan fingerprint density at radius 2 is 1.78 bits per heavy atom. The normalized spacial score (nSPS) is 10.9. The van der Waals surface area contributed by atoms with Gasteiger partial charge in [0.2, 0.25) is 0 Å². The molecule has 0 aliphatic rings. The summed E-state index contributed by atoms with van der Waals surface area (Å²) in [6, 6.07) is 7.40. The van der Waals surface area contributed by atoms with Crippen LogP contribution in [0.3, 0.4) is 0 Å². The van der Waals surface area contributed by atoms with E-state index in [-0.39, 0.29) is 11.4 Å². The van der Waals surface area contributed by atoms with Crippen LogP contribution < -0.4 is 10.6 Å². The highest BCUT2D eigenvalue weighted by atomic mass is 19.4. The number of halogens is 3. The molecule has 2 rings (SSSR count). The summed E-state index contributed by atoms with van der Waals surface area (Å²) < 4.78 is 37.4. The summed E-state index contributed by atoms with van der Waals surface area (Å²) in [4.78, 5) is 16.0. The molecule has 1 aromatic heterocycles. The molecular formula is C16H14F3N3O. The molecule has 0 unspecified atom stereocenters. The monoisotopic (exact) mass is 321 g/mol. The highest BCUT2D eigenvalue weighted by Gasteiger charge is 2.29. The van der Waals surface area contributed by atoms with E-state index in [4.69, 9.17) is 0 Å². The van der Waals surface area contributed by atoms with Gasteiger partial charge in [0, 0.05) is 12.2 Å². The second-order valence-electron chi connectivity index (χ2n) is 4.63. The fourth-order valence-corrected chi connectivity index (χ4v) is 1.76. The predicted octanol–water partition coefficient (Wildman–Crippen LogP) is 3.95. The van der Waals surface area contributed by atoms with Gasteiger partial charge in [0.15, 0.2) is 0 Å². The number of hydrogen-bond acceptors (Lipinski definition) is 3. The van der Waals surface area contributed by atoms with E-state index in [1.807, 2.05) is 0 Å². The van der Waals surface area contributed by atoms with Gasteiger partial charge in [0.25, 0.3) is 5.91 Å². The highest BCUT2D eigenvalue weighted by Crippen LogP contribution is 2.29. The fraction of sp³-hybridized carbons (Fsp3) is 0.125. The second-order valence-corrected chi connectivity index (χ2v) is 4.63. The minimum absolute atomic E-state index is 0.161. The Morgan fingerprint density at radius 3 is 2.30 bits per heavy atom. The first-order valence-corrected chi connectivity index (χ1v) is 6.69. The van der Waals surface area contributed by atoms with Crippen LogP contribution in [0.25, 0.3) is 0 Å². The lowest BCUT2D eigenvalue weighted by atomic mass is 10.2. The summed E-state index contributed by atoms with van der Waals surface area (Å²) in [5, 5.41) is 5.51. The van der Waals surface area contributed by atoms with Crippen LogP contribution in [0.4, 0.5) is 24.5 Å². The van der Waals surface area contributed by atoms with Crippen molar-refractivity contribution in [3.63, 3.8) is 0 Å². The Labute approximate surface area is 131 Å². The van der Waals surface area contributed by atoms with Crippen molar-refractivity contribution < 1.29 is 18.0 Å². The first-order chi connectivity index (χ1) is 10.9. The molecule has 1 aromatic carbocycles. The van der Waals surface area contributed by atoms with Gasteiger partial charge in [-0.25, -0.2) is 4.98 Å². The van der Waals surface area contributed by atoms with E-state index < -0.39 is 17.6 Å². The summed E-state index contributed by atoms with van der Waals surface area (Å²) in [5.41, 5.74) is 0.384. The number of amides is 1. The third kappa shape index (κ3) is 4.57. The smallest absolute Gasteiger partial charge is 0.380 e. The number of rotatable bonds is 5. The molecule has 4 nitrogen and oxygen atoms in total. The third-order valence-electron chi connectivity index (χ3n) is 2.92. The molecule has 0 radical (unpaired) electrons. The van der Waals surface area contributed by atoms with Crippen LogP contribution in [0.1, 0.15) is 16.1 Å². The quantitative estimate of drug-likeness (QED) is 0.820. The zero-order chi connectivity index (χ0) is 16.9. The molecule has 0 aliphatic heterocycles. The van der Waals surface area contributed by atoms with Crippen molar-refractivity contribution in [1.29, 1.82) is 0 Å². The molecule has 0 fully saturated rings. The zero-order valence-electron chi connectivity index (χ0n) is 12.0. The number of alkyl halides is 3. The van der Waals surface area contributed by atoms with E-state index in [0.29, 0.717) is 6.54 Å². The van der Waals surface area contributed by atoms with Crippen molar-refractivity contribution in [1.82, 2.24) is 4.98 Å². The standard InChI is InChI=1S/C16H14F3N3O/c1-2-9-20-13-7-8-14(21-10-13)15(23)22-12-5-3-11(4-6-12)16(17,18)19/h2-8,10,20H,1,9H2,(H,22,23). The van der Waals surface area contributed by atoms with Gasteiger partial charge in [0.05, 0.1) is 17.4 Å². The first-order valence-electron chi connectivity index (χ1n) is 6.69. The van der Waals surface area contributed by atoms with Crippen LogP contribution >= 0.6 is 0 Å². The number of carbonyl (C=O) groups excluding carboxylic acids is 1. The number of aromatic nitrogens is 1. The lowest BCUT2D eigenvalue weighted by Crippen LogP contribution is -2.14. The maximum absolute atomic E-state index is 12.5. The Kier molecular flexibility index (Phi) is 5.00. The highest BCUT2D eigenvalue weighted by molar-refractivity contribution is 6.02. The van der Waals surface area contributed by atoms with E-state index in [1.165, 1.54) is 24.4 Å². The van der Waals surface area contributed by atoms with Gasteiger partial charge in [-0.15, -0.1) is 6.58 Å². The maximum Gasteiger partial charge on any atom is 0.416 e. The molecule has 0 bridgehead atoms. The molecule has 2 N–H and O–H groups in total. The molecule has 0 saturated heterocycles. The Hall–Kier alpha value is -2.83. The average Bonchev–Trinajstić information content (AvgIpc) is 2.53. The number of nitrogens with zero attached hydrogens (tertiary/aromatic N) is 1. The lowest BCUT2D eigenvalue weighted by molar-refractivity contribution is -0.137. The molecule has 0 spiro atoms. The number of anilines is 2. The molecule has 120 valence electrons. The Bertz CT molecular complexity index is 679. The van der Waals surface area contributed by atoms with E-state index in [9.17, 15) is 18.0 Å². The lowest BCUT2D eigenvalue weighted by Gasteiger charge is -2.09. The number of nitrogens with one attached hydrogen (secondary N) is 2. The summed E-state index contributed by atoms with van der Waals surface area (Å²) in [6.45, 7) is 4.14. The van der Waals surface area contributed by atoms with Gasteiger partial charge >= 0.3 is 6.18 Å². The van der Waals surface area contributed by atoms with Crippen LogP contribution in [0.5, 0.6) is 0 Å². The summed E-state index contributed by atoms with van der Waals surface area (Å²) in [6.07, 6.45) is -1.23. The zero-order valence-corrected chi connectivity index (χ0v) is 12.0. The van der Waals surface area contributed by atoms with Crippen LogP contribution in [-0.4, -0.2) is 17.4 Å². The summed E-state index contributed by atoms with van der Waals surface area (Å²) in [7, 11) is 0. The third-order valence-corrected chi connectivity index (χ3v) is 2.92. The van der Waals surface area contributed by atoms with Crippen molar-refractivity contribution in [2.75, 3.05) is 17.2 Å². The largest absolute Gasteiger partial charge is 0.416 e.